The average Bonchev–Trinajstić information content (AvgIpc) is 2.89. The number of tetrazole rings is 1. The van der Waals surface area contributed by atoms with Crippen LogP contribution in [-0.2, 0) is 6.54 Å². The van der Waals surface area contributed by atoms with E-state index < -0.39 is 5.97 Å². The Morgan fingerprint density at radius 2 is 1.82 bits per heavy atom. The lowest BCUT2D eigenvalue weighted by molar-refractivity contribution is 0.0696. The fourth-order valence-electron chi connectivity index (χ4n) is 2.08. The van der Waals surface area contributed by atoms with Crippen molar-refractivity contribution in [2.75, 3.05) is 0 Å². The molecule has 2 aromatic carbocycles. The van der Waals surface area contributed by atoms with Gasteiger partial charge in [0.1, 0.15) is 0 Å². The normalized spacial score (nSPS) is 10.5. The summed E-state index contributed by atoms with van der Waals surface area (Å²) in [6, 6.07) is 15.3. The molecule has 0 fully saturated rings. The molecule has 7 nitrogen and oxygen atoms in total. The van der Waals surface area contributed by atoms with E-state index in [1.807, 2.05) is 6.07 Å². The number of carboxylic acid groups (broad SMARTS) is 1. The van der Waals surface area contributed by atoms with E-state index in [0.717, 1.165) is 0 Å². The monoisotopic (exact) mass is 296 g/mol. The zero-order chi connectivity index (χ0) is 15.5. The van der Waals surface area contributed by atoms with Crippen LogP contribution in [0.25, 0.3) is 5.69 Å². The summed E-state index contributed by atoms with van der Waals surface area (Å²) in [6.45, 7) is 0.160. The molecule has 0 bridgehead atoms. The first-order valence-electron chi connectivity index (χ1n) is 6.55. The summed E-state index contributed by atoms with van der Waals surface area (Å²) in [6.07, 6.45) is 0. The van der Waals surface area contributed by atoms with Gasteiger partial charge in [-0.05, 0) is 40.3 Å². The van der Waals surface area contributed by atoms with Crippen LogP contribution in [0.15, 0.2) is 59.4 Å². The Kier molecular flexibility index (Phi) is 3.53. The van der Waals surface area contributed by atoms with Crippen LogP contribution in [0.1, 0.15) is 15.9 Å². The zero-order valence-corrected chi connectivity index (χ0v) is 11.5. The van der Waals surface area contributed by atoms with E-state index in [-0.39, 0.29) is 17.8 Å². The third kappa shape index (κ3) is 2.64. The Morgan fingerprint density at radius 3 is 2.55 bits per heavy atom. The lowest BCUT2D eigenvalue weighted by Gasteiger charge is -2.01. The highest BCUT2D eigenvalue weighted by Gasteiger charge is 2.10. The van der Waals surface area contributed by atoms with E-state index >= 15 is 0 Å². The van der Waals surface area contributed by atoms with E-state index in [2.05, 4.69) is 10.4 Å². The number of benzene rings is 2. The minimum atomic E-state index is -1.01. The molecule has 0 unspecified atom stereocenters. The summed E-state index contributed by atoms with van der Waals surface area (Å²) in [5.74, 6) is -1.01. The summed E-state index contributed by atoms with van der Waals surface area (Å²) in [5, 5.41) is 16.7. The summed E-state index contributed by atoms with van der Waals surface area (Å²) in [5.41, 5.74) is 1.08. The highest BCUT2D eigenvalue weighted by atomic mass is 16.4. The molecule has 0 atom stereocenters. The molecule has 0 aliphatic rings. The number of carbonyl (C=O) groups is 1. The van der Waals surface area contributed by atoms with Gasteiger partial charge in [-0.2, -0.15) is 9.36 Å². The van der Waals surface area contributed by atoms with Crippen molar-refractivity contribution in [2.24, 2.45) is 0 Å². The van der Waals surface area contributed by atoms with Crippen molar-refractivity contribution < 1.29 is 9.90 Å². The SMILES string of the molecule is O=C(O)c1cccc(Cn2nnn(-c3ccccc3)c2=O)c1. The fourth-order valence-corrected chi connectivity index (χ4v) is 2.08. The van der Waals surface area contributed by atoms with Crippen molar-refractivity contribution in [3.05, 3.63) is 76.2 Å². The molecule has 0 spiro atoms. The summed E-state index contributed by atoms with van der Waals surface area (Å²) < 4.78 is 2.38. The highest BCUT2D eigenvalue weighted by Crippen LogP contribution is 2.06. The topological polar surface area (TPSA) is 90.0 Å². The predicted octanol–water partition coefficient (Wildman–Crippen LogP) is 1.18. The molecule has 110 valence electrons. The fraction of sp³-hybridized carbons (Fsp3) is 0.0667. The van der Waals surface area contributed by atoms with Crippen LogP contribution in [0.4, 0.5) is 0 Å². The number of hydrogen-bond donors (Lipinski definition) is 1. The van der Waals surface area contributed by atoms with Crippen LogP contribution in [0.5, 0.6) is 0 Å². The largest absolute Gasteiger partial charge is 0.478 e. The first-order chi connectivity index (χ1) is 10.6. The Bertz CT molecular complexity index is 868. The van der Waals surface area contributed by atoms with Gasteiger partial charge in [0, 0.05) is 0 Å². The second-order valence-corrected chi connectivity index (χ2v) is 4.67. The van der Waals surface area contributed by atoms with Gasteiger partial charge in [-0.3, -0.25) is 0 Å². The molecule has 1 aromatic heterocycles. The molecular weight excluding hydrogens is 284 g/mol. The minimum absolute atomic E-state index is 0.160. The average molecular weight is 296 g/mol. The van der Waals surface area contributed by atoms with Gasteiger partial charge in [0.05, 0.1) is 17.8 Å². The quantitative estimate of drug-likeness (QED) is 0.780. The first kappa shape index (κ1) is 13.7. The maximum absolute atomic E-state index is 12.3. The molecule has 0 aliphatic carbocycles. The van der Waals surface area contributed by atoms with Crippen molar-refractivity contribution in [3.63, 3.8) is 0 Å². The van der Waals surface area contributed by atoms with E-state index in [1.54, 1.807) is 36.4 Å². The molecule has 3 aromatic rings. The van der Waals surface area contributed by atoms with Crippen LogP contribution in [0.2, 0.25) is 0 Å². The number of para-hydroxylation sites is 1. The van der Waals surface area contributed by atoms with Crippen molar-refractivity contribution >= 4 is 5.97 Å². The number of rotatable bonds is 4. The first-order valence-corrected chi connectivity index (χ1v) is 6.55. The maximum atomic E-state index is 12.3. The number of hydrogen-bond acceptors (Lipinski definition) is 4. The van der Waals surface area contributed by atoms with E-state index in [4.69, 9.17) is 5.11 Å². The second-order valence-electron chi connectivity index (χ2n) is 4.67. The van der Waals surface area contributed by atoms with E-state index in [0.29, 0.717) is 11.3 Å². The third-order valence-electron chi connectivity index (χ3n) is 3.15. The number of carboxylic acids is 1. The van der Waals surface area contributed by atoms with Crippen LogP contribution in [0.3, 0.4) is 0 Å². The zero-order valence-electron chi connectivity index (χ0n) is 11.5. The predicted molar refractivity (Wildman–Crippen MR) is 78.1 cm³/mol. The minimum Gasteiger partial charge on any atom is -0.478 e. The van der Waals surface area contributed by atoms with Gasteiger partial charge >= 0.3 is 11.7 Å². The van der Waals surface area contributed by atoms with Crippen molar-refractivity contribution in [2.45, 2.75) is 6.54 Å². The molecule has 0 saturated carbocycles. The van der Waals surface area contributed by atoms with Gasteiger partial charge in [0.25, 0.3) is 0 Å². The number of aromatic carboxylic acids is 1. The van der Waals surface area contributed by atoms with Gasteiger partial charge < -0.3 is 5.11 Å². The van der Waals surface area contributed by atoms with Gasteiger partial charge in [-0.1, -0.05) is 30.3 Å². The lowest BCUT2D eigenvalue weighted by Crippen LogP contribution is -2.24. The van der Waals surface area contributed by atoms with Crippen LogP contribution < -0.4 is 5.69 Å². The summed E-state index contributed by atoms with van der Waals surface area (Å²) in [7, 11) is 0. The number of nitrogens with zero attached hydrogens (tertiary/aromatic N) is 4. The molecule has 0 saturated heterocycles. The van der Waals surface area contributed by atoms with E-state index in [1.165, 1.54) is 21.5 Å². The molecule has 0 amide bonds. The van der Waals surface area contributed by atoms with E-state index in [9.17, 15) is 9.59 Å². The van der Waals surface area contributed by atoms with Crippen molar-refractivity contribution in [3.8, 4) is 5.69 Å². The van der Waals surface area contributed by atoms with Crippen molar-refractivity contribution in [1.82, 2.24) is 19.8 Å². The van der Waals surface area contributed by atoms with Gasteiger partial charge in [0.15, 0.2) is 0 Å². The van der Waals surface area contributed by atoms with Gasteiger partial charge in [0.2, 0.25) is 0 Å². The van der Waals surface area contributed by atoms with Gasteiger partial charge in [-0.15, -0.1) is 0 Å². The number of aromatic nitrogens is 4. The molecule has 0 aliphatic heterocycles. The molecule has 22 heavy (non-hydrogen) atoms. The maximum Gasteiger partial charge on any atom is 0.368 e. The van der Waals surface area contributed by atoms with Crippen LogP contribution in [-0.4, -0.2) is 30.9 Å². The van der Waals surface area contributed by atoms with Crippen LogP contribution >= 0.6 is 0 Å². The standard InChI is InChI=1S/C15H12N4O3/c20-14(21)12-6-4-5-11(9-12)10-18-15(22)19(17-16-18)13-7-2-1-3-8-13/h1-9H,10H2,(H,20,21). The summed E-state index contributed by atoms with van der Waals surface area (Å²) >= 11 is 0. The molecule has 3 rings (SSSR count). The smallest absolute Gasteiger partial charge is 0.368 e. The van der Waals surface area contributed by atoms with Gasteiger partial charge in [-0.25, -0.2) is 9.59 Å². The molecule has 0 radical (unpaired) electrons. The molecule has 1 N–H and O–H groups in total. The summed E-state index contributed by atoms with van der Waals surface area (Å²) in [4.78, 5) is 23.2. The molecular formula is C15H12N4O3. The third-order valence-corrected chi connectivity index (χ3v) is 3.15. The highest BCUT2D eigenvalue weighted by molar-refractivity contribution is 5.87. The molecule has 1 heterocycles. The Morgan fingerprint density at radius 1 is 1.05 bits per heavy atom. The Balaban J connectivity index is 1.91. The second kappa shape index (κ2) is 5.65. The van der Waals surface area contributed by atoms with Crippen molar-refractivity contribution in [1.29, 1.82) is 0 Å². The lowest BCUT2D eigenvalue weighted by atomic mass is 10.1. The Hall–Kier alpha value is -3.22. The van der Waals surface area contributed by atoms with Crippen LogP contribution in [0, 0.1) is 0 Å². The Labute approximate surface area is 125 Å². The molecule has 7 heteroatoms.